The Kier molecular flexibility index (Phi) is 9.24. The first-order chi connectivity index (χ1) is 7.26. The van der Waals surface area contributed by atoms with Gasteiger partial charge in [-0.3, -0.25) is 4.79 Å². The van der Waals surface area contributed by atoms with Gasteiger partial charge < -0.3 is 4.74 Å². The van der Waals surface area contributed by atoms with Gasteiger partial charge >= 0.3 is 5.97 Å². The highest BCUT2D eigenvalue weighted by Gasteiger charge is 2.14. The summed E-state index contributed by atoms with van der Waals surface area (Å²) >= 11 is 0. The fraction of sp³-hybridized carbons (Fsp3) is 0.769. The summed E-state index contributed by atoms with van der Waals surface area (Å²) in [4.78, 5) is 11.4. The van der Waals surface area contributed by atoms with E-state index in [9.17, 15) is 4.79 Å². The van der Waals surface area contributed by atoms with Crippen molar-refractivity contribution >= 4 is 5.97 Å². The summed E-state index contributed by atoms with van der Waals surface area (Å²) in [6.45, 7) is 8.17. The normalized spacial score (nSPS) is 12.1. The number of ether oxygens (including phenoxy) is 1. The molecule has 0 fully saturated rings. The van der Waals surface area contributed by atoms with Crippen molar-refractivity contribution in [1.82, 2.24) is 0 Å². The standard InChI is InChI=1S/C13H24O2/c1-4-7-8-9-10-11-12(5-2)13(14)15-6-3/h5,12H,2,4,6-11H2,1,3H3. The van der Waals surface area contributed by atoms with Crippen LogP contribution in [0.25, 0.3) is 0 Å². The SMILES string of the molecule is C=CC(CCCCCCC)C(=O)OCC. The molecule has 0 amide bonds. The lowest BCUT2D eigenvalue weighted by Gasteiger charge is -2.10. The molecule has 0 saturated carbocycles. The van der Waals surface area contributed by atoms with E-state index >= 15 is 0 Å². The summed E-state index contributed by atoms with van der Waals surface area (Å²) < 4.78 is 4.96. The van der Waals surface area contributed by atoms with E-state index < -0.39 is 0 Å². The fourth-order valence-corrected chi connectivity index (χ4v) is 1.55. The highest BCUT2D eigenvalue weighted by molar-refractivity contribution is 5.74. The maximum atomic E-state index is 11.4. The number of carbonyl (C=O) groups is 1. The summed E-state index contributed by atoms with van der Waals surface area (Å²) in [6, 6.07) is 0. The van der Waals surface area contributed by atoms with Gasteiger partial charge in [0.15, 0.2) is 0 Å². The van der Waals surface area contributed by atoms with Gasteiger partial charge in [-0.05, 0) is 13.3 Å². The predicted octanol–water partition coefficient (Wildman–Crippen LogP) is 3.71. The van der Waals surface area contributed by atoms with E-state index in [1.807, 2.05) is 6.92 Å². The fourth-order valence-electron chi connectivity index (χ4n) is 1.55. The zero-order chi connectivity index (χ0) is 11.5. The van der Waals surface area contributed by atoms with Crippen molar-refractivity contribution < 1.29 is 9.53 Å². The largest absolute Gasteiger partial charge is 0.466 e. The molecule has 15 heavy (non-hydrogen) atoms. The Morgan fingerprint density at radius 3 is 2.47 bits per heavy atom. The van der Waals surface area contributed by atoms with Crippen LogP contribution in [0.1, 0.15) is 52.4 Å². The predicted molar refractivity (Wildman–Crippen MR) is 63.7 cm³/mol. The van der Waals surface area contributed by atoms with Crippen LogP contribution in [-0.2, 0) is 9.53 Å². The van der Waals surface area contributed by atoms with Crippen molar-refractivity contribution in [2.24, 2.45) is 5.92 Å². The molecule has 0 aliphatic rings. The third-order valence-electron chi connectivity index (χ3n) is 2.49. The number of esters is 1. The summed E-state index contributed by atoms with van der Waals surface area (Å²) in [7, 11) is 0. The first kappa shape index (κ1) is 14.2. The van der Waals surface area contributed by atoms with Gasteiger partial charge in [0.2, 0.25) is 0 Å². The Morgan fingerprint density at radius 1 is 1.27 bits per heavy atom. The minimum atomic E-state index is -0.122. The molecule has 0 radical (unpaired) electrons. The Labute approximate surface area is 93.7 Å². The topological polar surface area (TPSA) is 26.3 Å². The number of carbonyl (C=O) groups excluding carboxylic acids is 1. The highest BCUT2D eigenvalue weighted by atomic mass is 16.5. The van der Waals surface area contributed by atoms with Crippen LogP contribution in [0.2, 0.25) is 0 Å². The van der Waals surface area contributed by atoms with Crippen LogP contribution < -0.4 is 0 Å². The van der Waals surface area contributed by atoms with E-state index in [0.717, 1.165) is 12.8 Å². The van der Waals surface area contributed by atoms with E-state index in [0.29, 0.717) is 6.61 Å². The van der Waals surface area contributed by atoms with Crippen LogP contribution in [-0.4, -0.2) is 12.6 Å². The van der Waals surface area contributed by atoms with Gasteiger partial charge in [0, 0.05) is 0 Å². The number of unbranched alkanes of at least 4 members (excludes halogenated alkanes) is 4. The first-order valence-electron chi connectivity index (χ1n) is 6.05. The van der Waals surface area contributed by atoms with Crippen molar-refractivity contribution in [2.75, 3.05) is 6.61 Å². The lowest BCUT2D eigenvalue weighted by Crippen LogP contribution is -2.15. The molecule has 0 aliphatic heterocycles. The van der Waals surface area contributed by atoms with Crippen molar-refractivity contribution in [3.8, 4) is 0 Å². The van der Waals surface area contributed by atoms with Gasteiger partial charge in [-0.1, -0.05) is 45.1 Å². The average Bonchev–Trinajstić information content (AvgIpc) is 2.23. The second kappa shape index (κ2) is 9.75. The minimum absolute atomic E-state index is 0.105. The molecule has 0 saturated heterocycles. The molecule has 0 aliphatic carbocycles. The maximum absolute atomic E-state index is 11.4. The summed E-state index contributed by atoms with van der Waals surface area (Å²) in [5, 5.41) is 0. The Balaban J connectivity index is 3.61. The Hall–Kier alpha value is -0.790. The monoisotopic (exact) mass is 212 g/mol. The molecule has 0 rings (SSSR count). The minimum Gasteiger partial charge on any atom is -0.466 e. The summed E-state index contributed by atoms with van der Waals surface area (Å²) in [5.74, 6) is -0.227. The van der Waals surface area contributed by atoms with Crippen molar-refractivity contribution in [3.63, 3.8) is 0 Å². The van der Waals surface area contributed by atoms with E-state index in [4.69, 9.17) is 4.74 Å². The molecule has 2 heteroatoms. The molecule has 88 valence electrons. The second-order valence-corrected chi connectivity index (χ2v) is 3.80. The number of hydrogen-bond acceptors (Lipinski definition) is 2. The van der Waals surface area contributed by atoms with Gasteiger partial charge in [0.05, 0.1) is 12.5 Å². The molecule has 0 N–H and O–H groups in total. The van der Waals surface area contributed by atoms with Crippen molar-refractivity contribution in [1.29, 1.82) is 0 Å². The smallest absolute Gasteiger partial charge is 0.312 e. The van der Waals surface area contributed by atoms with E-state index in [2.05, 4.69) is 13.5 Å². The number of rotatable bonds is 9. The third kappa shape index (κ3) is 7.18. The average molecular weight is 212 g/mol. The molecule has 0 aromatic carbocycles. The molecule has 0 spiro atoms. The van der Waals surface area contributed by atoms with Gasteiger partial charge in [-0.2, -0.15) is 0 Å². The van der Waals surface area contributed by atoms with Crippen LogP contribution in [0.3, 0.4) is 0 Å². The second-order valence-electron chi connectivity index (χ2n) is 3.80. The van der Waals surface area contributed by atoms with E-state index in [-0.39, 0.29) is 11.9 Å². The van der Waals surface area contributed by atoms with Gasteiger partial charge in [-0.25, -0.2) is 0 Å². The quantitative estimate of drug-likeness (QED) is 0.331. The van der Waals surface area contributed by atoms with Gasteiger partial charge in [0.25, 0.3) is 0 Å². The molecule has 1 unspecified atom stereocenters. The molecular formula is C13H24O2. The first-order valence-corrected chi connectivity index (χ1v) is 6.05. The molecular weight excluding hydrogens is 188 g/mol. The molecule has 0 aromatic heterocycles. The van der Waals surface area contributed by atoms with Crippen molar-refractivity contribution in [2.45, 2.75) is 52.4 Å². The summed E-state index contributed by atoms with van der Waals surface area (Å²) in [5.41, 5.74) is 0. The van der Waals surface area contributed by atoms with Crippen LogP contribution in [0.15, 0.2) is 12.7 Å². The lowest BCUT2D eigenvalue weighted by molar-refractivity contribution is -0.146. The van der Waals surface area contributed by atoms with Crippen LogP contribution in [0.5, 0.6) is 0 Å². The third-order valence-corrected chi connectivity index (χ3v) is 2.49. The van der Waals surface area contributed by atoms with Crippen molar-refractivity contribution in [3.05, 3.63) is 12.7 Å². The van der Waals surface area contributed by atoms with Crippen LogP contribution in [0.4, 0.5) is 0 Å². The zero-order valence-corrected chi connectivity index (χ0v) is 10.1. The zero-order valence-electron chi connectivity index (χ0n) is 10.1. The highest BCUT2D eigenvalue weighted by Crippen LogP contribution is 2.14. The molecule has 1 atom stereocenters. The molecule has 2 nitrogen and oxygen atoms in total. The lowest BCUT2D eigenvalue weighted by atomic mass is 10.0. The molecule has 0 heterocycles. The maximum Gasteiger partial charge on any atom is 0.312 e. The van der Waals surface area contributed by atoms with Gasteiger partial charge in [0.1, 0.15) is 0 Å². The molecule has 0 aromatic rings. The van der Waals surface area contributed by atoms with Gasteiger partial charge in [-0.15, -0.1) is 6.58 Å². The number of hydrogen-bond donors (Lipinski definition) is 0. The summed E-state index contributed by atoms with van der Waals surface area (Å²) in [6.07, 6.45) is 8.70. The molecule has 0 bridgehead atoms. The van der Waals surface area contributed by atoms with Crippen LogP contribution in [0, 0.1) is 5.92 Å². The Bertz CT molecular complexity index is 175. The van der Waals surface area contributed by atoms with E-state index in [1.54, 1.807) is 6.08 Å². The Morgan fingerprint density at radius 2 is 1.93 bits per heavy atom. The van der Waals surface area contributed by atoms with E-state index in [1.165, 1.54) is 25.7 Å². The van der Waals surface area contributed by atoms with Crippen LogP contribution >= 0.6 is 0 Å².